The van der Waals surface area contributed by atoms with Gasteiger partial charge in [0.25, 0.3) is 0 Å². The van der Waals surface area contributed by atoms with E-state index in [1.165, 1.54) is 10.6 Å². The zero-order valence-electron chi connectivity index (χ0n) is 13.6. The lowest BCUT2D eigenvalue weighted by molar-refractivity contribution is 0.314. The molecule has 0 aliphatic carbocycles. The van der Waals surface area contributed by atoms with Crippen molar-refractivity contribution < 1.29 is 8.42 Å². The Hall–Kier alpha value is -1.80. The first-order chi connectivity index (χ1) is 10.9. The molecule has 1 aliphatic rings. The summed E-state index contributed by atoms with van der Waals surface area (Å²) in [6.07, 6.45) is 8.13. The average molecular weight is 335 g/mol. The van der Waals surface area contributed by atoms with Crippen LogP contribution in [0.4, 0.5) is 0 Å². The molecule has 124 valence electrons. The molecule has 0 aromatic carbocycles. The number of aryl methyl sites for hydroxylation is 1. The predicted octanol–water partition coefficient (Wildman–Crippen LogP) is 1.32. The second-order valence-electron chi connectivity index (χ2n) is 6.00. The molecule has 0 unspecified atom stereocenters. The number of rotatable bonds is 3. The van der Waals surface area contributed by atoms with Crippen molar-refractivity contribution >= 4 is 10.0 Å². The van der Waals surface area contributed by atoms with E-state index >= 15 is 0 Å². The van der Waals surface area contributed by atoms with Crippen molar-refractivity contribution in [2.75, 3.05) is 19.3 Å². The lowest BCUT2D eigenvalue weighted by atomic mass is 9.93. The summed E-state index contributed by atoms with van der Waals surface area (Å²) in [5, 5.41) is 0. The van der Waals surface area contributed by atoms with Crippen LogP contribution in [0.3, 0.4) is 0 Å². The Bertz CT molecular complexity index is 815. The molecule has 1 aliphatic heterocycles. The van der Waals surface area contributed by atoms with Crippen LogP contribution in [0.2, 0.25) is 0 Å². The lowest BCUT2D eigenvalue weighted by Gasteiger charge is -2.31. The molecule has 0 radical (unpaired) electrons. The molecule has 1 saturated heterocycles. The minimum Gasteiger partial charge on any atom is -0.330 e. The van der Waals surface area contributed by atoms with Crippen LogP contribution in [0.15, 0.2) is 18.6 Å². The molecule has 3 rings (SSSR count). The Kier molecular flexibility index (Phi) is 4.20. The molecule has 1 atom stereocenters. The van der Waals surface area contributed by atoms with Gasteiger partial charge in [0.2, 0.25) is 10.0 Å². The SMILES string of the molecule is Cc1ncc(-c2nccnc2[C@H]2CCCN(S(C)(=O)=O)C2)n1C. The van der Waals surface area contributed by atoms with E-state index in [-0.39, 0.29) is 5.92 Å². The van der Waals surface area contributed by atoms with Crippen molar-refractivity contribution in [3.63, 3.8) is 0 Å². The molecular formula is C15H21N5O2S. The normalized spacial score (nSPS) is 19.9. The quantitative estimate of drug-likeness (QED) is 0.845. The molecule has 0 saturated carbocycles. The Morgan fingerprint density at radius 1 is 1.22 bits per heavy atom. The first-order valence-electron chi connectivity index (χ1n) is 7.62. The van der Waals surface area contributed by atoms with Crippen LogP contribution in [0, 0.1) is 6.92 Å². The molecule has 3 heterocycles. The summed E-state index contributed by atoms with van der Waals surface area (Å²) in [5.41, 5.74) is 2.54. The van der Waals surface area contributed by atoms with E-state index in [0.29, 0.717) is 13.1 Å². The van der Waals surface area contributed by atoms with Crippen LogP contribution in [0.5, 0.6) is 0 Å². The van der Waals surface area contributed by atoms with E-state index in [2.05, 4.69) is 15.0 Å². The highest BCUT2D eigenvalue weighted by molar-refractivity contribution is 7.88. The third-order valence-corrected chi connectivity index (χ3v) is 5.70. The summed E-state index contributed by atoms with van der Waals surface area (Å²) >= 11 is 0. The van der Waals surface area contributed by atoms with Crippen LogP contribution in [0.1, 0.15) is 30.3 Å². The largest absolute Gasteiger partial charge is 0.330 e. The monoisotopic (exact) mass is 335 g/mol. The molecule has 0 spiro atoms. The van der Waals surface area contributed by atoms with Gasteiger partial charge >= 0.3 is 0 Å². The highest BCUT2D eigenvalue weighted by atomic mass is 32.2. The van der Waals surface area contributed by atoms with E-state index in [0.717, 1.165) is 35.7 Å². The molecule has 2 aromatic rings. The van der Waals surface area contributed by atoms with Gasteiger partial charge in [0.15, 0.2) is 0 Å². The number of imidazole rings is 1. The summed E-state index contributed by atoms with van der Waals surface area (Å²) in [6, 6.07) is 0. The van der Waals surface area contributed by atoms with Crippen molar-refractivity contribution in [3.8, 4) is 11.4 Å². The molecule has 0 amide bonds. The molecule has 0 bridgehead atoms. The van der Waals surface area contributed by atoms with Gasteiger partial charge in [0, 0.05) is 38.4 Å². The van der Waals surface area contributed by atoms with Crippen LogP contribution in [0.25, 0.3) is 11.4 Å². The average Bonchev–Trinajstić information content (AvgIpc) is 2.86. The maximum atomic E-state index is 11.9. The molecule has 8 heteroatoms. The van der Waals surface area contributed by atoms with E-state index in [1.54, 1.807) is 18.6 Å². The smallest absolute Gasteiger partial charge is 0.211 e. The highest BCUT2D eigenvalue weighted by Gasteiger charge is 2.30. The number of aromatic nitrogens is 4. The summed E-state index contributed by atoms with van der Waals surface area (Å²) in [4.78, 5) is 13.3. The third-order valence-electron chi connectivity index (χ3n) is 4.43. The van der Waals surface area contributed by atoms with Gasteiger partial charge in [-0.25, -0.2) is 17.7 Å². The number of nitrogens with zero attached hydrogens (tertiary/aromatic N) is 5. The first-order valence-corrected chi connectivity index (χ1v) is 9.47. The molecular weight excluding hydrogens is 314 g/mol. The second-order valence-corrected chi connectivity index (χ2v) is 7.98. The molecule has 2 aromatic heterocycles. The zero-order valence-corrected chi connectivity index (χ0v) is 14.4. The highest BCUT2D eigenvalue weighted by Crippen LogP contribution is 2.32. The lowest BCUT2D eigenvalue weighted by Crippen LogP contribution is -2.38. The van der Waals surface area contributed by atoms with E-state index in [9.17, 15) is 8.42 Å². The maximum absolute atomic E-state index is 11.9. The minimum atomic E-state index is -3.18. The maximum Gasteiger partial charge on any atom is 0.211 e. The topological polar surface area (TPSA) is 81.0 Å². The van der Waals surface area contributed by atoms with Gasteiger partial charge in [-0.1, -0.05) is 0 Å². The molecule has 23 heavy (non-hydrogen) atoms. The standard InChI is InChI=1S/C15H21N5O2S/c1-11-18-9-13(19(11)2)15-14(16-6-7-17-15)12-5-4-8-20(10-12)23(3,21)22/h6-7,9,12H,4-5,8,10H2,1-3H3/t12-/m0/s1. The van der Waals surface area contributed by atoms with Gasteiger partial charge < -0.3 is 4.57 Å². The minimum absolute atomic E-state index is 0.0531. The van der Waals surface area contributed by atoms with Crippen molar-refractivity contribution in [1.29, 1.82) is 0 Å². The molecule has 1 fully saturated rings. The number of sulfonamides is 1. The Balaban J connectivity index is 1.99. The fourth-order valence-corrected chi connectivity index (χ4v) is 3.95. The summed E-state index contributed by atoms with van der Waals surface area (Å²) in [6.45, 7) is 2.97. The first kappa shape index (κ1) is 16.1. The fourth-order valence-electron chi connectivity index (χ4n) is 3.03. The molecule has 7 nitrogen and oxygen atoms in total. The van der Waals surface area contributed by atoms with Gasteiger partial charge in [0.1, 0.15) is 11.5 Å². The van der Waals surface area contributed by atoms with E-state index in [4.69, 9.17) is 0 Å². The van der Waals surface area contributed by atoms with Crippen molar-refractivity contribution in [1.82, 2.24) is 23.8 Å². The van der Waals surface area contributed by atoms with Gasteiger partial charge in [-0.05, 0) is 19.8 Å². The van der Waals surface area contributed by atoms with E-state index < -0.39 is 10.0 Å². The van der Waals surface area contributed by atoms with Crippen LogP contribution >= 0.6 is 0 Å². The molecule has 0 N–H and O–H groups in total. The summed E-state index contributed by atoms with van der Waals surface area (Å²) in [5.74, 6) is 0.954. The number of piperidine rings is 1. The summed E-state index contributed by atoms with van der Waals surface area (Å²) < 4.78 is 27.2. The number of hydrogen-bond acceptors (Lipinski definition) is 5. The third kappa shape index (κ3) is 3.13. The van der Waals surface area contributed by atoms with Crippen molar-refractivity contribution in [2.45, 2.75) is 25.7 Å². The van der Waals surface area contributed by atoms with E-state index in [1.807, 2.05) is 18.5 Å². The Morgan fingerprint density at radius 2 is 1.96 bits per heavy atom. The zero-order chi connectivity index (χ0) is 16.6. The summed E-state index contributed by atoms with van der Waals surface area (Å²) in [7, 11) is -1.24. The Morgan fingerprint density at radius 3 is 2.61 bits per heavy atom. The van der Waals surface area contributed by atoms with Crippen LogP contribution in [-0.4, -0.2) is 51.6 Å². The van der Waals surface area contributed by atoms with Gasteiger partial charge in [-0.3, -0.25) is 9.97 Å². The van der Waals surface area contributed by atoms with Crippen molar-refractivity contribution in [3.05, 3.63) is 30.1 Å². The predicted molar refractivity (Wildman–Crippen MR) is 87.4 cm³/mol. The van der Waals surface area contributed by atoms with Gasteiger partial charge in [-0.15, -0.1) is 0 Å². The van der Waals surface area contributed by atoms with Crippen LogP contribution < -0.4 is 0 Å². The fraction of sp³-hybridized carbons (Fsp3) is 0.533. The van der Waals surface area contributed by atoms with Crippen molar-refractivity contribution in [2.24, 2.45) is 7.05 Å². The second kappa shape index (κ2) is 6.01. The van der Waals surface area contributed by atoms with Gasteiger partial charge in [0.05, 0.1) is 23.8 Å². The number of hydrogen-bond donors (Lipinski definition) is 0. The van der Waals surface area contributed by atoms with Gasteiger partial charge in [-0.2, -0.15) is 0 Å². The Labute approximate surface area is 136 Å². The van der Waals surface area contributed by atoms with Crippen LogP contribution in [-0.2, 0) is 17.1 Å².